The molecule has 2 aliphatic heterocycles. The Balaban J connectivity index is 1.08. The molecular formula is C30H28Cl2N8O3. The maximum absolute atomic E-state index is 13.7. The molecule has 0 aliphatic carbocycles. The number of carbonyl (C=O) groups is 1. The third-order valence-electron chi connectivity index (χ3n) is 7.89. The highest BCUT2D eigenvalue weighted by molar-refractivity contribution is 6.39. The molecule has 0 unspecified atom stereocenters. The topological polar surface area (TPSA) is 105 Å². The lowest BCUT2D eigenvalue weighted by atomic mass is 10.0. The van der Waals surface area contributed by atoms with E-state index < -0.39 is 0 Å². The normalized spacial score (nSPS) is 15.8. The molecule has 0 spiro atoms. The van der Waals surface area contributed by atoms with Gasteiger partial charge in [-0.05, 0) is 37.3 Å². The van der Waals surface area contributed by atoms with Gasteiger partial charge in [-0.15, -0.1) is 5.10 Å². The lowest BCUT2D eigenvalue weighted by Crippen LogP contribution is -2.49. The molecule has 5 heterocycles. The number of anilines is 2. The van der Waals surface area contributed by atoms with Crippen molar-refractivity contribution in [1.82, 2.24) is 29.6 Å². The predicted octanol–water partition coefficient (Wildman–Crippen LogP) is 4.86. The van der Waals surface area contributed by atoms with Crippen LogP contribution in [0.2, 0.25) is 10.0 Å². The van der Waals surface area contributed by atoms with Gasteiger partial charge in [0, 0.05) is 62.3 Å². The Labute approximate surface area is 257 Å². The average molecular weight is 620 g/mol. The molecule has 220 valence electrons. The van der Waals surface area contributed by atoms with Crippen LogP contribution in [0.15, 0.2) is 59.3 Å². The van der Waals surface area contributed by atoms with Crippen LogP contribution < -0.4 is 9.80 Å². The van der Waals surface area contributed by atoms with Gasteiger partial charge in [-0.2, -0.15) is 9.50 Å². The highest BCUT2D eigenvalue weighted by Crippen LogP contribution is 2.37. The van der Waals surface area contributed by atoms with Crippen molar-refractivity contribution in [2.75, 3.05) is 62.3 Å². The number of rotatable bonds is 5. The maximum atomic E-state index is 13.7. The van der Waals surface area contributed by atoms with E-state index in [4.69, 9.17) is 42.5 Å². The second kappa shape index (κ2) is 11.5. The summed E-state index contributed by atoms with van der Waals surface area (Å²) in [5.74, 6) is 1.32. The predicted molar refractivity (Wildman–Crippen MR) is 164 cm³/mol. The first kappa shape index (κ1) is 27.6. The number of amides is 1. The van der Waals surface area contributed by atoms with Crippen LogP contribution in [0, 0.1) is 6.92 Å². The van der Waals surface area contributed by atoms with Crippen LogP contribution in [-0.4, -0.2) is 88.0 Å². The fourth-order valence-corrected chi connectivity index (χ4v) is 6.16. The zero-order valence-corrected chi connectivity index (χ0v) is 24.9. The van der Waals surface area contributed by atoms with Crippen LogP contribution in [0.1, 0.15) is 16.1 Å². The molecule has 3 aromatic heterocycles. The number of hydrogen-bond donors (Lipinski definition) is 0. The number of morpholine rings is 1. The molecule has 2 fully saturated rings. The molecule has 0 N–H and O–H groups in total. The van der Waals surface area contributed by atoms with Gasteiger partial charge in [0.15, 0.2) is 0 Å². The number of benzene rings is 2. The van der Waals surface area contributed by atoms with E-state index in [0.717, 1.165) is 37.6 Å². The van der Waals surface area contributed by atoms with Gasteiger partial charge < -0.3 is 24.0 Å². The fourth-order valence-electron chi connectivity index (χ4n) is 5.59. The first-order valence-corrected chi connectivity index (χ1v) is 14.8. The van der Waals surface area contributed by atoms with Gasteiger partial charge in [0.05, 0.1) is 29.0 Å². The number of halogens is 2. The van der Waals surface area contributed by atoms with Crippen molar-refractivity contribution in [2.45, 2.75) is 6.92 Å². The van der Waals surface area contributed by atoms with Crippen LogP contribution in [0.4, 0.5) is 11.6 Å². The third kappa shape index (κ3) is 5.17. The summed E-state index contributed by atoms with van der Waals surface area (Å²) in [6, 6.07) is 15.6. The Hall–Kier alpha value is -4.19. The summed E-state index contributed by atoms with van der Waals surface area (Å²) in [5.41, 5.74) is 4.29. The van der Waals surface area contributed by atoms with E-state index >= 15 is 0 Å². The van der Waals surface area contributed by atoms with E-state index in [2.05, 4.69) is 44.2 Å². The minimum absolute atomic E-state index is 0.183. The molecule has 43 heavy (non-hydrogen) atoms. The number of aromatic nitrogens is 5. The van der Waals surface area contributed by atoms with Gasteiger partial charge in [0.25, 0.3) is 11.7 Å². The molecule has 2 saturated heterocycles. The highest BCUT2D eigenvalue weighted by Gasteiger charge is 2.31. The summed E-state index contributed by atoms with van der Waals surface area (Å²) < 4.78 is 12.7. The second-order valence-electron chi connectivity index (χ2n) is 10.4. The van der Waals surface area contributed by atoms with Gasteiger partial charge >= 0.3 is 0 Å². The van der Waals surface area contributed by atoms with Crippen molar-refractivity contribution in [3.63, 3.8) is 0 Å². The lowest BCUT2D eigenvalue weighted by molar-refractivity contribution is 0.0745. The Morgan fingerprint density at radius 3 is 2.33 bits per heavy atom. The van der Waals surface area contributed by atoms with E-state index in [0.29, 0.717) is 70.5 Å². The van der Waals surface area contributed by atoms with Crippen molar-refractivity contribution in [3.05, 3.63) is 76.1 Å². The Morgan fingerprint density at radius 1 is 0.884 bits per heavy atom. The van der Waals surface area contributed by atoms with Crippen LogP contribution in [0.3, 0.4) is 0 Å². The molecule has 0 radical (unpaired) electrons. The van der Waals surface area contributed by atoms with E-state index in [1.165, 1.54) is 5.69 Å². The number of fused-ring (bicyclic) bond motifs is 1. The smallest absolute Gasteiger partial charge is 0.259 e. The van der Waals surface area contributed by atoms with Crippen LogP contribution in [-0.2, 0) is 4.74 Å². The zero-order valence-electron chi connectivity index (χ0n) is 23.4. The summed E-state index contributed by atoms with van der Waals surface area (Å²) in [7, 11) is 0. The molecule has 7 rings (SSSR count). The number of nitrogens with zero attached hydrogens (tertiary/aromatic N) is 8. The molecule has 0 saturated carbocycles. The third-order valence-corrected chi connectivity index (χ3v) is 8.52. The quantitative estimate of drug-likeness (QED) is 0.273. The summed E-state index contributed by atoms with van der Waals surface area (Å²) >= 11 is 12.8. The van der Waals surface area contributed by atoms with Crippen molar-refractivity contribution >= 4 is 46.5 Å². The van der Waals surface area contributed by atoms with Crippen LogP contribution in [0.25, 0.3) is 28.3 Å². The number of piperazine rings is 1. The molecule has 1 amide bonds. The second-order valence-corrected chi connectivity index (χ2v) is 11.3. The van der Waals surface area contributed by atoms with E-state index in [1.807, 2.05) is 6.07 Å². The molecule has 0 bridgehead atoms. The van der Waals surface area contributed by atoms with Crippen molar-refractivity contribution in [1.29, 1.82) is 0 Å². The highest BCUT2D eigenvalue weighted by atomic mass is 35.5. The summed E-state index contributed by atoms with van der Waals surface area (Å²) in [6.07, 6.45) is 1.75. The van der Waals surface area contributed by atoms with Gasteiger partial charge in [0.1, 0.15) is 17.0 Å². The molecule has 11 nitrogen and oxygen atoms in total. The molecule has 2 aromatic carbocycles. The summed E-state index contributed by atoms with van der Waals surface area (Å²) in [4.78, 5) is 29.0. The van der Waals surface area contributed by atoms with Crippen molar-refractivity contribution in [2.24, 2.45) is 0 Å². The Bertz CT molecular complexity index is 1770. The van der Waals surface area contributed by atoms with E-state index in [1.54, 1.807) is 40.7 Å². The van der Waals surface area contributed by atoms with Gasteiger partial charge in [-0.3, -0.25) is 4.79 Å². The van der Waals surface area contributed by atoms with Crippen LogP contribution >= 0.6 is 23.2 Å². The first-order valence-electron chi connectivity index (χ1n) is 14.1. The maximum Gasteiger partial charge on any atom is 0.259 e. The van der Waals surface area contributed by atoms with Gasteiger partial charge in [-0.1, -0.05) is 46.6 Å². The zero-order chi connectivity index (χ0) is 29.5. The molecular weight excluding hydrogens is 591 g/mol. The number of hydrogen-bond acceptors (Lipinski definition) is 9. The van der Waals surface area contributed by atoms with E-state index in [-0.39, 0.29) is 5.91 Å². The fraction of sp³-hybridized carbons (Fsp3) is 0.300. The van der Waals surface area contributed by atoms with Gasteiger partial charge in [0.2, 0.25) is 5.95 Å². The molecule has 2 aliphatic rings. The van der Waals surface area contributed by atoms with Crippen LogP contribution in [0.5, 0.6) is 0 Å². The number of aryl methyl sites for hydroxylation is 1. The van der Waals surface area contributed by atoms with Gasteiger partial charge in [-0.25, -0.2) is 4.98 Å². The standard InChI is InChI=1S/C30H28Cl2N8O3/c1-19-25(27(36-43-19)26-22(31)3-2-4-23(26)32)28(41)38-11-13-39(14-12-38)30-34-29-33-10-9-24(40(29)35-30)20-5-7-21(8-6-20)37-15-17-42-18-16-37/h2-10H,11-18H2,1H3. The van der Waals surface area contributed by atoms with Crippen molar-refractivity contribution in [3.8, 4) is 22.5 Å². The largest absolute Gasteiger partial charge is 0.378 e. The molecule has 5 aromatic rings. The summed E-state index contributed by atoms with van der Waals surface area (Å²) in [5, 5.41) is 9.75. The van der Waals surface area contributed by atoms with Crippen molar-refractivity contribution < 1.29 is 14.1 Å². The number of carbonyl (C=O) groups excluding carboxylic acids is 1. The number of ether oxygens (including phenoxy) is 1. The lowest BCUT2D eigenvalue weighted by Gasteiger charge is -2.34. The minimum atomic E-state index is -0.183. The average Bonchev–Trinajstić information content (AvgIpc) is 3.65. The Kier molecular flexibility index (Phi) is 7.38. The first-order chi connectivity index (χ1) is 21.0. The van der Waals surface area contributed by atoms with E-state index in [9.17, 15) is 4.79 Å². The molecule has 0 atom stereocenters. The minimum Gasteiger partial charge on any atom is -0.378 e. The SMILES string of the molecule is Cc1onc(-c2c(Cl)cccc2Cl)c1C(=O)N1CCN(c2nc3nccc(-c4ccc(N5CCOCC5)cc4)n3n2)CC1. The Morgan fingerprint density at radius 2 is 1.60 bits per heavy atom. The summed E-state index contributed by atoms with van der Waals surface area (Å²) in [6.45, 7) is 7.03. The monoisotopic (exact) mass is 618 g/mol. The molecule has 13 heteroatoms.